The van der Waals surface area contributed by atoms with Crippen LogP contribution in [0.2, 0.25) is 0 Å². The molecule has 0 atom stereocenters. The summed E-state index contributed by atoms with van der Waals surface area (Å²) in [6.45, 7) is 0. The second-order valence-corrected chi connectivity index (χ2v) is 7.45. The van der Waals surface area contributed by atoms with E-state index in [-0.39, 0.29) is 34.0 Å². The Morgan fingerprint density at radius 2 is 1.88 bits per heavy atom. The summed E-state index contributed by atoms with van der Waals surface area (Å²) in [5.74, 6) is -3.20. The van der Waals surface area contributed by atoms with Crippen molar-refractivity contribution in [3.05, 3.63) is 91.8 Å². The molecular formula is C22H16BrN3O8. The number of nitrogens with zero attached hydrogens (tertiary/aromatic N) is 1. The van der Waals surface area contributed by atoms with Crippen molar-refractivity contribution in [1.82, 2.24) is 5.32 Å². The number of nitro groups is 1. The lowest BCUT2D eigenvalue weighted by Gasteiger charge is -2.14. The smallest absolute Gasteiger partial charge is 0.433 e. The van der Waals surface area contributed by atoms with Crippen LogP contribution in [0.4, 0.5) is 11.6 Å². The highest BCUT2D eigenvalue weighted by atomic mass is 79.9. The second kappa shape index (κ2) is 10.4. The molecule has 0 fully saturated rings. The molecule has 0 unspecified atom stereocenters. The monoisotopic (exact) mass is 529 g/mol. The number of halogens is 1. The number of ether oxygens (including phenoxy) is 1. The van der Waals surface area contributed by atoms with E-state index in [2.05, 4.69) is 26.6 Å². The van der Waals surface area contributed by atoms with Gasteiger partial charge < -0.3 is 24.9 Å². The van der Waals surface area contributed by atoms with Crippen molar-refractivity contribution in [2.75, 3.05) is 12.4 Å². The molecule has 0 spiro atoms. The lowest BCUT2D eigenvalue weighted by molar-refractivity contribution is -0.402. The molecule has 2 aromatic carbocycles. The van der Waals surface area contributed by atoms with Crippen molar-refractivity contribution in [3.8, 4) is 5.75 Å². The highest BCUT2D eigenvalue weighted by Gasteiger charge is 2.20. The van der Waals surface area contributed by atoms with Gasteiger partial charge >= 0.3 is 11.9 Å². The summed E-state index contributed by atoms with van der Waals surface area (Å²) in [6.07, 6.45) is 1.10. The summed E-state index contributed by atoms with van der Waals surface area (Å²) < 4.78 is 10.7. The number of benzene rings is 2. The minimum absolute atomic E-state index is 0.0267. The van der Waals surface area contributed by atoms with Gasteiger partial charge in [-0.3, -0.25) is 19.7 Å². The SMILES string of the molecule is COc1ccc(C(=O)O)cc1NC(=O)/C(=C/c1ccc([N+](=O)[O-])o1)NC(=O)c1ccccc1Br. The molecule has 3 rings (SSSR count). The summed E-state index contributed by atoms with van der Waals surface area (Å²) in [5, 5.41) is 25.1. The van der Waals surface area contributed by atoms with E-state index in [0.717, 1.165) is 12.1 Å². The van der Waals surface area contributed by atoms with Crippen molar-refractivity contribution in [3.63, 3.8) is 0 Å². The number of methoxy groups -OCH3 is 1. The molecule has 0 saturated heterocycles. The van der Waals surface area contributed by atoms with Crippen molar-refractivity contribution < 1.29 is 33.6 Å². The van der Waals surface area contributed by atoms with Gasteiger partial charge in [0.2, 0.25) is 0 Å². The fourth-order valence-corrected chi connectivity index (χ4v) is 3.25. The molecule has 3 N–H and O–H groups in total. The lowest BCUT2D eigenvalue weighted by Crippen LogP contribution is -2.31. The fraction of sp³-hybridized carbons (Fsp3) is 0.0455. The molecule has 0 aliphatic carbocycles. The summed E-state index contributed by atoms with van der Waals surface area (Å²) in [7, 11) is 1.33. The number of anilines is 1. The first-order valence-corrected chi connectivity index (χ1v) is 10.2. The molecule has 3 aromatic rings. The quantitative estimate of drug-likeness (QED) is 0.223. The van der Waals surface area contributed by atoms with Crippen molar-refractivity contribution in [1.29, 1.82) is 0 Å². The van der Waals surface area contributed by atoms with Crippen molar-refractivity contribution >= 4 is 51.4 Å². The average Bonchev–Trinajstić information content (AvgIpc) is 3.27. The Morgan fingerprint density at radius 1 is 1.15 bits per heavy atom. The van der Waals surface area contributed by atoms with Crippen LogP contribution in [0.25, 0.3) is 6.08 Å². The molecule has 11 nitrogen and oxygen atoms in total. The predicted molar refractivity (Wildman–Crippen MR) is 124 cm³/mol. The molecule has 34 heavy (non-hydrogen) atoms. The van der Waals surface area contributed by atoms with Crippen LogP contribution in [0.3, 0.4) is 0 Å². The van der Waals surface area contributed by atoms with Crippen LogP contribution in [0.1, 0.15) is 26.5 Å². The molecule has 0 saturated carbocycles. The van der Waals surface area contributed by atoms with Crippen LogP contribution in [0.15, 0.2) is 69.2 Å². The Hall–Kier alpha value is -4.45. The van der Waals surface area contributed by atoms with Crippen molar-refractivity contribution in [2.24, 2.45) is 0 Å². The number of aromatic carboxylic acids is 1. The molecule has 0 radical (unpaired) electrons. The number of hydrogen-bond acceptors (Lipinski definition) is 7. The standard InChI is InChI=1S/C22H16BrN3O8/c1-33-18-8-6-12(22(29)30)10-16(18)24-21(28)17(11-13-7-9-19(34-13)26(31)32)25-20(27)14-4-2-3-5-15(14)23/h2-11H,1H3,(H,24,28)(H,25,27)(H,29,30)/b17-11-. The molecule has 0 aliphatic heterocycles. The molecule has 1 aromatic heterocycles. The maximum atomic E-state index is 13.1. The maximum Gasteiger partial charge on any atom is 0.433 e. The minimum atomic E-state index is -1.22. The van der Waals surface area contributed by atoms with Crippen LogP contribution in [0, 0.1) is 10.1 Å². The zero-order valence-electron chi connectivity index (χ0n) is 17.4. The van der Waals surface area contributed by atoms with E-state index in [0.29, 0.717) is 4.47 Å². The van der Waals surface area contributed by atoms with Gasteiger partial charge in [0.25, 0.3) is 11.8 Å². The predicted octanol–water partition coefficient (Wildman–Crippen LogP) is 4.07. The van der Waals surface area contributed by atoms with E-state index >= 15 is 0 Å². The number of carboxylic acid groups (broad SMARTS) is 1. The first-order chi connectivity index (χ1) is 16.2. The number of rotatable bonds is 8. The summed E-state index contributed by atoms with van der Waals surface area (Å²) in [5.41, 5.74) is -0.190. The Balaban J connectivity index is 1.98. The van der Waals surface area contributed by atoms with Gasteiger partial charge in [-0.2, -0.15) is 0 Å². The third-order valence-electron chi connectivity index (χ3n) is 4.39. The largest absolute Gasteiger partial charge is 0.495 e. The van der Waals surface area contributed by atoms with Crippen LogP contribution in [0.5, 0.6) is 5.75 Å². The molecule has 0 bridgehead atoms. The zero-order valence-corrected chi connectivity index (χ0v) is 19.0. The van der Waals surface area contributed by atoms with E-state index in [4.69, 9.17) is 9.15 Å². The number of nitrogens with one attached hydrogen (secondary N) is 2. The van der Waals surface area contributed by atoms with Gasteiger partial charge in [0.1, 0.15) is 22.1 Å². The average molecular weight is 530 g/mol. The minimum Gasteiger partial charge on any atom is -0.495 e. The zero-order chi connectivity index (χ0) is 24.8. The number of carbonyl (C=O) groups excluding carboxylic acids is 2. The summed E-state index contributed by atoms with van der Waals surface area (Å²) in [6, 6.07) is 12.7. The Kier molecular flexibility index (Phi) is 7.43. The van der Waals surface area contributed by atoms with E-state index in [1.807, 2.05) is 0 Å². The number of furan rings is 1. The van der Waals surface area contributed by atoms with E-state index in [9.17, 15) is 29.6 Å². The Labute approximate surface area is 200 Å². The normalized spacial score (nSPS) is 10.9. The van der Waals surface area contributed by atoms with Gasteiger partial charge in [-0.25, -0.2) is 4.79 Å². The van der Waals surface area contributed by atoms with Gasteiger partial charge in [-0.15, -0.1) is 0 Å². The Bertz CT molecular complexity index is 1310. The highest BCUT2D eigenvalue weighted by molar-refractivity contribution is 9.10. The third-order valence-corrected chi connectivity index (χ3v) is 5.08. The summed E-state index contributed by atoms with van der Waals surface area (Å²) in [4.78, 5) is 47.3. The molecule has 0 aliphatic rings. The van der Waals surface area contributed by atoms with Crippen LogP contribution in [-0.4, -0.2) is 34.9 Å². The van der Waals surface area contributed by atoms with Crippen LogP contribution in [-0.2, 0) is 4.79 Å². The van der Waals surface area contributed by atoms with Gasteiger partial charge in [-0.1, -0.05) is 12.1 Å². The Morgan fingerprint density at radius 3 is 2.50 bits per heavy atom. The first-order valence-electron chi connectivity index (χ1n) is 9.44. The maximum absolute atomic E-state index is 13.1. The van der Waals surface area contributed by atoms with Crippen LogP contribution < -0.4 is 15.4 Å². The number of hydrogen-bond donors (Lipinski definition) is 3. The lowest BCUT2D eigenvalue weighted by atomic mass is 10.1. The highest BCUT2D eigenvalue weighted by Crippen LogP contribution is 2.26. The van der Waals surface area contributed by atoms with Gasteiger partial charge in [0.15, 0.2) is 0 Å². The number of carboxylic acids is 1. The third kappa shape index (κ3) is 5.66. The van der Waals surface area contributed by atoms with Crippen molar-refractivity contribution in [2.45, 2.75) is 0 Å². The summed E-state index contributed by atoms with van der Waals surface area (Å²) >= 11 is 3.26. The van der Waals surface area contributed by atoms with Gasteiger partial charge in [-0.05, 0) is 52.3 Å². The molecule has 1 heterocycles. The first kappa shape index (κ1) is 24.2. The molecule has 12 heteroatoms. The molecule has 2 amide bonds. The fourth-order valence-electron chi connectivity index (χ4n) is 2.78. The number of amides is 2. The molecule has 174 valence electrons. The van der Waals surface area contributed by atoms with Gasteiger partial charge in [0.05, 0.1) is 30.0 Å². The molecular weight excluding hydrogens is 514 g/mol. The number of carbonyl (C=O) groups is 3. The second-order valence-electron chi connectivity index (χ2n) is 6.60. The van der Waals surface area contributed by atoms with Gasteiger partial charge in [0, 0.05) is 10.5 Å². The topological polar surface area (TPSA) is 161 Å². The van der Waals surface area contributed by atoms with Crippen LogP contribution >= 0.6 is 15.9 Å². The van der Waals surface area contributed by atoms with E-state index < -0.39 is 28.6 Å². The van der Waals surface area contributed by atoms with E-state index in [1.165, 1.54) is 37.4 Å². The van der Waals surface area contributed by atoms with E-state index in [1.54, 1.807) is 18.2 Å².